The van der Waals surface area contributed by atoms with E-state index in [9.17, 15) is 4.39 Å². The van der Waals surface area contributed by atoms with Crippen LogP contribution in [-0.2, 0) is 7.05 Å². The first-order valence-electron chi connectivity index (χ1n) is 5.19. The monoisotopic (exact) mass is 235 g/mol. The van der Waals surface area contributed by atoms with Gasteiger partial charge in [-0.3, -0.25) is 0 Å². The Balaban J connectivity index is 2.35. The van der Waals surface area contributed by atoms with Crippen LogP contribution >= 0.6 is 0 Å². The molecule has 2 N–H and O–H groups in total. The Labute approximate surface area is 98.8 Å². The summed E-state index contributed by atoms with van der Waals surface area (Å²) >= 11 is 0. The Kier molecular flexibility index (Phi) is 3.10. The van der Waals surface area contributed by atoms with Crippen molar-refractivity contribution in [3.8, 4) is 5.75 Å². The van der Waals surface area contributed by atoms with Gasteiger partial charge in [-0.2, -0.15) is 0 Å². The molecule has 0 bridgehead atoms. The zero-order valence-electron chi connectivity index (χ0n) is 9.72. The fourth-order valence-corrected chi connectivity index (χ4v) is 1.70. The molecule has 0 amide bonds. The van der Waals surface area contributed by atoms with Crippen molar-refractivity contribution in [1.29, 1.82) is 0 Å². The van der Waals surface area contributed by atoms with Gasteiger partial charge in [0.15, 0.2) is 11.6 Å². The third kappa shape index (κ3) is 2.14. The number of methoxy groups -OCH3 is 1. The normalized spacial score (nSPS) is 12.5. The molecular weight excluding hydrogens is 221 g/mol. The molecule has 2 rings (SSSR count). The maximum absolute atomic E-state index is 13.5. The number of benzene rings is 1. The third-order valence-corrected chi connectivity index (χ3v) is 2.67. The number of rotatable bonds is 3. The highest BCUT2D eigenvalue weighted by molar-refractivity contribution is 5.33. The van der Waals surface area contributed by atoms with E-state index in [-0.39, 0.29) is 5.75 Å². The van der Waals surface area contributed by atoms with Gasteiger partial charge in [-0.1, -0.05) is 6.07 Å². The Morgan fingerprint density at radius 2 is 2.24 bits per heavy atom. The van der Waals surface area contributed by atoms with Gasteiger partial charge in [-0.05, 0) is 17.7 Å². The lowest BCUT2D eigenvalue weighted by molar-refractivity contribution is 0.386. The summed E-state index contributed by atoms with van der Waals surface area (Å²) in [4.78, 5) is 4.15. The fraction of sp³-hybridized carbons (Fsp3) is 0.250. The van der Waals surface area contributed by atoms with Crippen LogP contribution in [0.4, 0.5) is 4.39 Å². The minimum Gasteiger partial charge on any atom is -0.494 e. The first-order valence-corrected chi connectivity index (χ1v) is 5.19. The summed E-state index contributed by atoms with van der Waals surface area (Å²) in [6, 6.07) is 4.22. The van der Waals surface area contributed by atoms with Crippen LogP contribution in [0.3, 0.4) is 0 Å². The summed E-state index contributed by atoms with van der Waals surface area (Å²) in [6.45, 7) is 0. The number of hydrogen-bond donors (Lipinski definition) is 1. The van der Waals surface area contributed by atoms with Gasteiger partial charge in [0.1, 0.15) is 5.82 Å². The van der Waals surface area contributed by atoms with E-state index in [0.29, 0.717) is 11.4 Å². The molecule has 0 spiro atoms. The lowest BCUT2D eigenvalue weighted by Crippen LogP contribution is -2.16. The maximum atomic E-state index is 13.5. The maximum Gasteiger partial charge on any atom is 0.165 e. The van der Waals surface area contributed by atoms with E-state index in [1.807, 2.05) is 11.6 Å². The number of ether oxygens (including phenoxy) is 1. The molecule has 17 heavy (non-hydrogen) atoms. The quantitative estimate of drug-likeness (QED) is 0.879. The smallest absolute Gasteiger partial charge is 0.165 e. The number of aryl methyl sites for hydroxylation is 1. The number of aromatic nitrogens is 2. The van der Waals surface area contributed by atoms with Crippen LogP contribution in [0, 0.1) is 5.82 Å². The van der Waals surface area contributed by atoms with E-state index in [1.54, 1.807) is 24.5 Å². The summed E-state index contributed by atoms with van der Waals surface area (Å²) in [5, 5.41) is 0. The van der Waals surface area contributed by atoms with Crippen LogP contribution in [0.25, 0.3) is 0 Å². The number of nitrogens with zero attached hydrogens (tertiary/aromatic N) is 2. The van der Waals surface area contributed by atoms with Crippen molar-refractivity contribution in [2.75, 3.05) is 7.11 Å². The van der Waals surface area contributed by atoms with Crippen molar-refractivity contribution in [2.24, 2.45) is 12.8 Å². The molecular formula is C12H14FN3O. The lowest BCUT2D eigenvalue weighted by Gasteiger charge is -2.13. The molecule has 1 unspecified atom stereocenters. The van der Waals surface area contributed by atoms with Crippen molar-refractivity contribution >= 4 is 0 Å². The third-order valence-electron chi connectivity index (χ3n) is 2.67. The van der Waals surface area contributed by atoms with Gasteiger partial charge in [-0.25, -0.2) is 9.37 Å². The van der Waals surface area contributed by atoms with Gasteiger partial charge in [0.25, 0.3) is 0 Å². The highest BCUT2D eigenvalue weighted by atomic mass is 19.1. The molecule has 0 fully saturated rings. The van der Waals surface area contributed by atoms with E-state index < -0.39 is 11.9 Å². The number of nitrogens with two attached hydrogens (primary N) is 1. The Morgan fingerprint density at radius 3 is 2.76 bits per heavy atom. The average molecular weight is 235 g/mol. The minimum atomic E-state index is -0.449. The van der Waals surface area contributed by atoms with Gasteiger partial charge >= 0.3 is 0 Å². The molecule has 1 atom stereocenters. The van der Waals surface area contributed by atoms with E-state index in [2.05, 4.69) is 4.98 Å². The topological polar surface area (TPSA) is 53.1 Å². The van der Waals surface area contributed by atoms with Crippen LogP contribution < -0.4 is 10.5 Å². The molecule has 1 heterocycles. The van der Waals surface area contributed by atoms with Crippen LogP contribution in [-0.4, -0.2) is 16.7 Å². The van der Waals surface area contributed by atoms with E-state index >= 15 is 0 Å². The van der Waals surface area contributed by atoms with Gasteiger partial charge < -0.3 is 15.0 Å². The molecule has 5 heteroatoms. The Morgan fingerprint density at radius 1 is 1.47 bits per heavy atom. The van der Waals surface area contributed by atoms with Gasteiger partial charge in [0, 0.05) is 19.4 Å². The van der Waals surface area contributed by atoms with E-state index in [0.717, 1.165) is 0 Å². The largest absolute Gasteiger partial charge is 0.494 e. The fourth-order valence-electron chi connectivity index (χ4n) is 1.70. The zero-order valence-corrected chi connectivity index (χ0v) is 9.72. The molecule has 0 aliphatic heterocycles. The van der Waals surface area contributed by atoms with Crippen LogP contribution in [0.1, 0.15) is 17.4 Å². The van der Waals surface area contributed by atoms with Gasteiger partial charge in [0.05, 0.1) is 13.2 Å². The number of halogens is 1. The highest BCUT2D eigenvalue weighted by Crippen LogP contribution is 2.23. The Hall–Kier alpha value is -1.88. The first-order chi connectivity index (χ1) is 8.13. The molecule has 0 saturated heterocycles. The van der Waals surface area contributed by atoms with Gasteiger partial charge in [-0.15, -0.1) is 0 Å². The van der Waals surface area contributed by atoms with Crippen LogP contribution in [0.2, 0.25) is 0 Å². The standard InChI is InChI=1S/C12H14FN3O/c1-16-6-5-15-12(16)11(14)8-3-4-10(17-2)9(13)7-8/h3-7,11H,14H2,1-2H3. The summed E-state index contributed by atoms with van der Waals surface area (Å²) in [6.07, 6.45) is 3.46. The lowest BCUT2D eigenvalue weighted by atomic mass is 10.1. The Bertz CT molecular complexity index is 524. The van der Waals surface area contributed by atoms with Crippen molar-refractivity contribution in [3.63, 3.8) is 0 Å². The second kappa shape index (κ2) is 4.55. The summed E-state index contributed by atoms with van der Waals surface area (Å²) < 4.78 is 20.2. The highest BCUT2D eigenvalue weighted by Gasteiger charge is 2.15. The average Bonchev–Trinajstić information content (AvgIpc) is 2.74. The SMILES string of the molecule is COc1ccc(C(N)c2nccn2C)cc1F. The van der Waals surface area contributed by atoms with E-state index in [1.165, 1.54) is 13.2 Å². The van der Waals surface area contributed by atoms with Crippen LogP contribution in [0.5, 0.6) is 5.75 Å². The number of imidazole rings is 1. The molecule has 0 saturated carbocycles. The first kappa shape index (κ1) is 11.6. The predicted octanol–water partition coefficient (Wildman–Crippen LogP) is 1.62. The molecule has 0 aliphatic rings. The molecule has 0 radical (unpaired) electrons. The molecule has 1 aromatic heterocycles. The van der Waals surface area contributed by atoms with Crippen LogP contribution in [0.15, 0.2) is 30.6 Å². The van der Waals surface area contributed by atoms with Gasteiger partial charge in [0.2, 0.25) is 0 Å². The number of hydrogen-bond acceptors (Lipinski definition) is 3. The zero-order chi connectivity index (χ0) is 12.4. The molecule has 1 aromatic carbocycles. The summed E-state index contributed by atoms with van der Waals surface area (Å²) in [5.41, 5.74) is 6.70. The van der Waals surface area contributed by atoms with Crippen molar-refractivity contribution in [3.05, 3.63) is 47.8 Å². The summed E-state index contributed by atoms with van der Waals surface area (Å²) in [5.74, 6) is 0.477. The molecule has 4 nitrogen and oxygen atoms in total. The minimum absolute atomic E-state index is 0.209. The van der Waals surface area contributed by atoms with Crippen molar-refractivity contribution in [2.45, 2.75) is 6.04 Å². The van der Waals surface area contributed by atoms with Crippen molar-refractivity contribution in [1.82, 2.24) is 9.55 Å². The molecule has 0 aliphatic carbocycles. The predicted molar refractivity (Wildman–Crippen MR) is 62.2 cm³/mol. The molecule has 90 valence electrons. The second-order valence-corrected chi connectivity index (χ2v) is 3.77. The summed E-state index contributed by atoms with van der Waals surface area (Å²) in [7, 11) is 3.28. The second-order valence-electron chi connectivity index (χ2n) is 3.77. The molecule has 2 aromatic rings. The van der Waals surface area contributed by atoms with E-state index in [4.69, 9.17) is 10.5 Å². The van der Waals surface area contributed by atoms with Crippen molar-refractivity contribution < 1.29 is 9.13 Å².